The number of nitrogens with zero attached hydrogens (tertiary/aromatic N) is 1. The standard InChI is InChI=1S/C13H15NO9/c15-5-8-9(16)10(17)11(18)13(22-8)23-12(19)6-1-3-7(4-2-6)14(20)21/h1-4,8-11,13,15-18H,5H2/t8-,9-,10+,11-,13?/m1/s1. The first kappa shape index (κ1) is 17.2. The quantitative estimate of drug-likeness (QED) is 0.294. The fourth-order valence-corrected chi connectivity index (χ4v) is 2.06. The molecule has 0 saturated carbocycles. The van der Waals surface area contributed by atoms with Gasteiger partial charge in [-0.2, -0.15) is 0 Å². The maximum atomic E-state index is 11.9. The molecule has 23 heavy (non-hydrogen) atoms. The van der Waals surface area contributed by atoms with Crippen molar-refractivity contribution in [1.29, 1.82) is 0 Å². The van der Waals surface area contributed by atoms with Crippen LogP contribution >= 0.6 is 0 Å². The van der Waals surface area contributed by atoms with Crippen molar-refractivity contribution in [2.45, 2.75) is 30.7 Å². The molecule has 5 atom stereocenters. The molecule has 1 saturated heterocycles. The maximum absolute atomic E-state index is 11.9. The summed E-state index contributed by atoms with van der Waals surface area (Å²) in [4.78, 5) is 21.8. The monoisotopic (exact) mass is 329 g/mol. The van der Waals surface area contributed by atoms with Crippen molar-refractivity contribution < 1.29 is 39.6 Å². The molecule has 0 amide bonds. The van der Waals surface area contributed by atoms with E-state index >= 15 is 0 Å². The maximum Gasteiger partial charge on any atom is 0.340 e. The predicted octanol–water partition coefficient (Wildman–Crippen LogP) is -1.45. The minimum atomic E-state index is -1.71. The van der Waals surface area contributed by atoms with Crippen molar-refractivity contribution in [2.24, 2.45) is 0 Å². The lowest BCUT2D eigenvalue weighted by Gasteiger charge is -2.39. The average Bonchev–Trinajstić information content (AvgIpc) is 2.55. The first-order chi connectivity index (χ1) is 10.8. The molecule has 1 aromatic carbocycles. The highest BCUT2D eigenvalue weighted by Crippen LogP contribution is 2.23. The number of ether oxygens (including phenoxy) is 2. The molecule has 1 heterocycles. The molecule has 126 valence electrons. The minimum absolute atomic E-state index is 0.0347. The van der Waals surface area contributed by atoms with Gasteiger partial charge in [-0.1, -0.05) is 0 Å². The van der Waals surface area contributed by atoms with Crippen LogP contribution in [-0.2, 0) is 9.47 Å². The van der Waals surface area contributed by atoms with E-state index in [4.69, 9.17) is 14.6 Å². The molecule has 1 fully saturated rings. The van der Waals surface area contributed by atoms with Crippen LogP contribution in [-0.4, -0.2) is 68.6 Å². The number of non-ortho nitro benzene ring substituents is 1. The zero-order valence-corrected chi connectivity index (χ0v) is 11.7. The summed E-state index contributed by atoms with van der Waals surface area (Å²) in [5.41, 5.74) is -0.248. The second kappa shape index (κ2) is 6.98. The highest BCUT2D eigenvalue weighted by molar-refractivity contribution is 5.89. The van der Waals surface area contributed by atoms with Gasteiger partial charge in [0, 0.05) is 12.1 Å². The van der Waals surface area contributed by atoms with Crippen LogP contribution < -0.4 is 0 Å². The highest BCUT2D eigenvalue weighted by atomic mass is 16.7. The van der Waals surface area contributed by atoms with E-state index in [1.54, 1.807) is 0 Å². The molecule has 1 aliphatic rings. The van der Waals surface area contributed by atoms with Crippen molar-refractivity contribution >= 4 is 11.7 Å². The molecule has 0 spiro atoms. The summed E-state index contributed by atoms with van der Waals surface area (Å²) in [6.07, 6.45) is -7.76. The third kappa shape index (κ3) is 3.63. The van der Waals surface area contributed by atoms with E-state index in [1.807, 2.05) is 0 Å². The zero-order valence-electron chi connectivity index (χ0n) is 11.7. The van der Waals surface area contributed by atoms with Gasteiger partial charge in [0.1, 0.15) is 24.4 Å². The molecule has 10 nitrogen and oxygen atoms in total. The van der Waals surface area contributed by atoms with Gasteiger partial charge in [-0.25, -0.2) is 4.79 Å². The Balaban J connectivity index is 2.08. The van der Waals surface area contributed by atoms with Gasteiger partial charge in [-0.15, -0.1) is 0 Å². The van der Waals surface area contributed by atoms with Crippen LogP contribution in [0.15, 0.2) is 24.3 Å². The van der Waals surface area contributed by atoms with Crippen LogP contribution in [0.3, 0.4) is 0 Å². The third-order valence-electron chi connectivity index (χ3n) is 3.39. The van der Waals surface area contributed by atoms with E-state index in [-0.39, 0.29) is 11.3 Å². The van der Waals surface area contributed by atoms with Gasteiger partial charge in [-0.3, -0.25) is 10.1 Å². The summed E-state index contributed by atoms with van der Waals surface area (Å²) in [5, 5.41) is 48.5. The number of benzene rings is 1. The van der Waals surface area contributed by atoms with Crippen molar-refractivity contribution in [2.75, 3.05) is 6.61 Å². The summed E-state index contributed by atoms with van der Waals surface area (Å²) in [5.74, 6) is -0.954. The van der Waals surface area contributed by atoms with Crippen molar-refractivity contribution in [1.82, 2.24) is 0 Å². The highest BCUT2D eigenvalue weighted by Gasteiger charge is 2.45. The number of carbonyl (C=O) groups excluding carboxylic acids is 1. The smallest absolute Gasteiger partial charge is 0.340 e. The number of aliphatic hydroxyl groups excluding tert-OH is 4. The number of hydrogen-bond donors (Lipinski definition) is 4. The first-order valence-electron chi connectivity index (χ1n) is 6.61. The van der Waals surface area contributed by atoms with Gasteiger partial charge in [0.15, 0.2) is 0 Å². The lowest BCUT2D eigenvalue weighted by Crippen LogP contribution is -2.59. The van der Waals surface area contributed by atoms with Gasteiger partial charge in [-0.05, 0) is 12.1 Å². The van der Waals surface area contributed by atoms with Crippen molar-refractivity contribution in [3.8, 4) is 0 Å². The summed E-state index contributed by atoms with van der Waals surface area (Å²) in [6.45, 7) is -0.656. The largest absolute Gasteiger partial charge is 0.429 e. The van der Waals surface area contributed by atoms with Gasteiger partial charge in [0.05, 0.1) is 17.1 Å². The molecule has 1 aliphatic heterocycles. The van der Waals surface area contributed by atoms with Crippen LogP contribution in [0.4, 0.5) is 5.69 Å². The van der Waals surface area contributed by atoms with Crippen LogP contribution in [0, 0.1) is 10.1 Å². The van der Waals surface area contributed by atoms with E-state index < -0.39 is 48.2 Å². The molecule has 0 bridgehead atoms. The van der Waals surface area contributed by atoms with Gasteiger partial charge in [0.25, 0.3) is 5.69 Å². The summed E-state index contributed by atoms with van der Waals surface area (Å²) in [7, 11) is 0. The van der Waals surface area contributed by atoms with Crippen LogP contribution in [0.2, 0.25) is 0 Å². The third-order valence-corrected chi connectivity index (χ3v) is 3.39. The number of esters is 1. The Kier molecular flexibility index (Phi) is 5.23. The number of aliphatic hydroxyl groups is 4. The van der Waals surface area contributed by atoms with E-state index in [0.717, 1.165) is 24.3 Å². The Morgan fingerprint density at radius 2 is 1.78 bits per heavy atom. The van der Waals surface area contributed by atoms with Gasteiger partial charge in [0.2, 0.25) is 6.29 Å². The molecule has 10 heteroatoms. The molecule has 0 aromatic heterocycles. The Hall–Kier alpha value is -2.11. The fraction of sp³-hybridized carbons (Fsp3) is 0.462. The molecule has 2 rings (SSSR count). The van der Waals surface area contributed by atoms with Crippen LogP contribution in [0.5, 0.6) is 0 Å². The lowest BCUT2D eigenvalue weighted by atomic mass is 9.99. The SMILES string of the molecule is O=C(OC1O[C@H](CO)[C@@H](O)[C@H](O)[C@H]1O)c1ccc([N+](=O)[O-])cc1. The molecule has 1 unspecified atom stereocenters. The number of hydrogen-bond acceptors (Lipinski definition) is 9. The van der Waals surface area contributed by atoms with Gasteiger partial charge >= 0.3 is 5.97 Å². The topological polar surface area (TPSA) is 160 Å². The predicted molar refractivity (Wildman–Crippen MR) is 72.3 cm³/mol. The average molecular weight is 329 g/mol. The summed E-state index contributed by atoms with van der Waals surface area (Å²) >= 11 is 0. The molecular formula is C13H15NO9. The van der Waals surface area contributed by atoms with E-state index in [9.17, 15) is 30.2 Å². The molecule has 4 N–H and O–H groups in total. The summed E-state index contributed by atoms with van der Waals surface area (Å²) in [6, 6.07) is 4.52. The number of carbonyl (C=O) groups is 1. The van der Waals surface area contributed by atoms with Gasteiger partial charge < -0.3 is 29.9 Å². The zero-order chi connectivity index (χ0) is 17.1. The van der Waals surface area contributed by atoms with Crippen molar-refractivity contribution in [3.63, 3.8) is 0 Å². The summed E-state index contributed by atoms with van der Waals surface area (Å²) < 4.78 is 9.90. The van der Waals surface area contributed by atoms with E-state index in [1.165, 1.54) is 0 Å². The second-order valence-corrected chi connectivity index (χ2v) is 4.91. The van der Waals surface area contributed by atoms with E-state index in [0.29, 0.717) is 0 Å². The first-order valence-corrected chi connectivity index (χ1v) is 6.61. The fourth-order valence-electron chi connectivity index (χ4n) is 2.06. The Bertz CT molecular complexity index is 573. The Labute approximate surface area is 129 Å². The number of nitro benzene ring substituents is 1. The van der Waals surface area contributed by atoms with Crippen molar-refractivity contribution in [3.05, 3.63) is 39.9 Å². The number of nitro groups is 1. The molecule has 0 radical (unpaired) electrons. The molecule has 0 aliphatic carbocycles. The van der Waals surface area contributed by atoms with Crippen LogP contribution in [0.1, 0.15) is 10.4 Å². The lowest BCUT2D eigenvalue weighted by molar-refractivity contribution is -0.384. The van der Waals surface area contributed by atoms with E-state index in [2.05, 4.69) is 0 Å². The minimum Gasteiger partial charge on any atom is -0.429 e. The molecule has 1 aromatic rings. The number of rotatable bonds is 4. The molecular weight excluding hydrogens is 314 g/mol. The Morgan fingerprint density at radius 1 is 1.17 bits per heavy atom. The second-order valence-electron chi connectivity index (χ2n) is 4.91. The normalized spacial score (nSPS) is 30.7. The van der Waals surface area contributed by atoms with Crippen LogP contribution in [0.25, 0.3) is 0 Å². The Morgan fingerprint density at radius 3 is 2.30 bits per heavy atom.